The monoisotopic (exact) mass is 539 g/mol. The van der Waals surface area contributed by atoms with Crippen molar-refractivity contribution in [3.05, 3.63) is 94.4 Å². The number of halogens is 1. The Morgan fingerprint density at radius 2 is 1.50 bits per heavy atom. The van der Waals surface area contributed by atoms with Gasteiger partial charge in [0.05, 0.1) is 4.91 Å². The highest BCUT2D eigenvalue weighted by molar-refractivity contribution is 8.18. The summed E-state index contributed by atoms with van der Waals surface area (Å²) >= 11 is 7.34. The molecule has 1 amide bonds. The van der Waals surface area contributed by atoms with E-state index in [9.17, 15) is 13.2 Å². The number of anilines is 1. The van der Waals surface area contributed by atoms with Crippen molar-refractivity contribution in [2.24, 2.45) is 4.99 Å². The zero-order chi connectivity index (χ0) is 25.1. The molecule has 0 N–H and O–H groups in total. The number of thioether (sulfide) groups is 1. The molecular weight excluding hydrogens is 518 g/mol. The standard InChI is InChI=1S/C26H22ClN3O4S2/c27-20-8-10-21(11-9-20)29-14-16-30(17-15-29)26-28-25(31)24(35-26)18-19-6-12-22(13-7-19)34-36(32,33)23-4-2-1-3-5-23/h1-13,18H,14-17H2/b24-18+. The van der Waals surface area contributed by atoms with Crippen LogP contribution in [0.4, 0.5) is 5.69 Å². The number of hydrogen-bond acceptors (Lipinski definition) is 7. The lowest BCUT2D eigenvalue weighted by atomic mass is 10.2. The van der Waals surface area contributed by atoms with E-state index >= 15 is 0 Å². The van der Waals surface area contributed by atoms with Crippen molar-refractivity contribution < 1.29 is 17.4 Å². The lowest BCUT2D eigenvalue weighted by Crippen LogP contribution is -2.47. The molecule has 36 heavy (non-hydrogen) atoms. The lowest BCUT2D eigenvalue weighted by molar-refractivity contribution is -0.113. The minimum absolute atomic E-state index is 0.0859. The van der Waals surface area contributed by atoms with Gasteiger partial charge in [0, 0.05) is 36.9 Å². The maximum atomic E-state index is 12.5. The molecule has 3 aromatic rings. The van der Waals surface area contributed by atoms with Gasteiger partial charge in [0.1, 0.15) is 10.6 Å². The molecule has 10 heteroatoms. The van der Waals surface area contributed by atoms with Crippen LogP contribution in [0.2, 0.25) is 5.02 Å². The van der Waals surface area contributed by atoms with Gasteiger partial charge in [-0.3, -0.25) is 4.79 Å². The van der Waals surface area contributed by atoms with E-state index in [1.54, 1.807) is 48.5 Å². The average Bonchev–Trinajstić information content (AvgIpc) is 3.26. The van der Waals surface area contributed by atoms with E-state index in [2.05, 4.69) is 14.8 Å². The summed E-state index contributed by atoms with van der Waals surface area (Å²) in [6.45, 7) is 3.16. The second-order valence-electron chi connectivity index (χ2n) is 8.18. The summed E-state index contributed by atoms with van der Waals surface area (Å²) < 4.78 is 30.0. The predicted octanol–water partition coefficient (Wildman–Crippen LogP) is 4.90. The van der Waals surface area contributed by atoms with E-state index in [0.29, 0.717) is 15.1 Å². The average molecular weight is 540 g/mol. The molecule has 7 nitrogen and oxygen atoms in total. The topological polar surface area (TPSA) is 79.3 Å². The van der Waals surface area contributed by atoms with Crippen molar-refractivity contribution in [3.8, 4) is 5.75 Å². The molecule has 0 saturated carbocycles. The van der Waals surface area contributed by atoms with Crippen LogP contribution in [0.1, 0.15) is 5.56 Å². The summed E-state index contributed by atoms with van der Waals surface area (Å²) in [5.74, 6) is -0.0796. The highest BCUT2D eigenvalue weighted by Crippen LogP contribution is 2.31. The van der Waals surface area contributed by atoms with E-state index in [0.717, 1.165) is 37.4 Å². The summed E-state index contributed by atoms with van der Waals surface area (Å²) in [5.41, 5.74) is 1.88. The first-order chi connectivity index (χ1) is 17.4. The molecular formula is C26H22ClN3O4S2. The molecule has 2 aliphatic rings. The number of hydrogen-bond donors (Lipinski definition) is 0. The maximum absolute atomic E-state index is 12.5. The summed E-state index contributed by atoms with van der Waals surface area (Å²) in [6.07, 6.45) is 1.75. The number of piperazine rings is 1. The third kappa shape index (κ3) is 5.59. The Morgan fingerprint density at radius 3 is 2.17 bits per heavy atom. The number of amidine groups is 1. The molecule has 0 spiro atoms. The molecule has 0 radical (unpaired) electrons. The third-order valence-electron chi connectivity index (χ3n) is 5.77. The van der Waals surface area contributed by atoms with Gasteiger partial charge in [-0.05, 0) is 71.9 Å². The van der Waals surface area contributed by atoms with Crippen LogP contribution in [-0.2, 0) is 14.9 Å². The molecule has 0 aromatic heterocycles. The van der Waals surface area contributed by atoms with E-state index < -0.39 is 10.1 Å². The zero-order valence-corrected chi connectivity index (χ0v) is 21.5. The van der Waals surface area contributed by atoms with Crippen LogP contribution in [0, 0.1) is 0 Å². The van der Waals surface area contributed by atoms with Gasteiger partial charge >= 0.3 is 10.1 Å². The highest BCUT2D eigenvalue weighted by atomic mass is 35.5. The Kier molecular flexibility index (Phi) is 7.04. The molecule has 5 rings (SSSR count). The van der Waals surface area contributed by atoms with Crippen LogP contribution in [0.5, 0.6) is 5.75 Å². The summed E-state index contributed by atoms with van der Waals surface area (Å²) in [7, 11) is -3.91. The zero-order valence-electron chi connectivity index (χ0n) is 19.1. The molecule has 2 heterocycles. The Bertz CT molecular complexity index is 1420. The lowest BCUT2D eigenvalue weighted by Gasteiger charge is -2.36. The second-order valence-corrected chi connectivity index (χ2v) is 11.2. The number of carbonyl (C=O) groups excluding carboxylic acids is 1. The summed E-state index contributed by atoms with van der Waals surface area (Å²) in [5, 5.41) is 1.42. The van der Waals surface area contributed by atoms with E-state index in [4.69, 9.17) is 15.8 Å². The molecule has 3 aromatic carbocycles. The van der Waals surface area contributed by atoms with Gasteiger partial charge in [0.15, 0.2) is 5.17 Å². The largest absolute Gasteiger partial charge is 0.379 e. The highest BCUT2D eigenvalue weighted by Gasteiger charge is 2.28. The van der Waals surface area contributed by atoms with Crippen molar-refractivity contribution in [3.63, 3.8) is 0 Å². The number of rotatable bonds is 5. The summed E-state index contributed by atoms with van der Waals surface area (Å²) in [6, 6.07) is 22.3. The third-order valence-corrected chi connectivity index (χ3v) is 8.32. The number of carbonyl (C=O) groups is 1. The Hall–Kier alpha value is -3.27. The second kappa shape index (κ2) is 10.4. The van der Waals surface area contributed by atoms with Crippen LogP contribution < -0.4 is 9.08 Å². The Balaban J connectivity index is 1.19. The van der Waals surface area contributed by atoms with Crippen molar-refractivity contribution in [1.82, 2.24) is 4.90 Å². The van der Waals surface area contributed by atoms with Gasteiger partial charge in [0.2, 0.25) is 0 Å². The molecule has 0 bridgehead atoms. The quantitative estimate of drug-likeness (QED) is 0.337. The molecule has 0 unspecified atom stereocenters. The molecule has 0 aliphatic carbocycles. The van der Waals surface area contributed by atoms with Gasteiger partial charge in [-0.1, -0.05) is 41.9 Å². The molecule has 0 atom stereocenters. The van der Waals surface area contributed by atoms with Crippen molar-refractivity contribution in [2.75, 3.05) is 31.1 Å². The first kappa shape index (κ1) is 24.4. The molecule has 1 saturated heterocycles. The first-order valence-corrected chi connectivity index (χ1v) is 13.9. The van der Waals surface area contributed by atoms with Gasteiger partial charge in [-0.2, -0.15) is 13.4 Å². The van der Waals surface area contributed by atoms with Crippen LogP contribution >= 0.6 is 23.4 Å². The van der Waals surface area contributed by atoms with Crippen LogP contribution in [0.25, 0.3) is 6.08 Å². The summed E-state index contributed by atoms with van der Waals surface area (Å²) in [4.78, 5) is 21.8. The molecule has 184 valence electrons. The van der Waals surface area contributed by atoms with E-state index in [1.807, 2.05) is 24.3 Å². The molecule has 1 fully saturated rings. The van der Waals surface area contributed by atoms with Crippen LogP contribution in [-0.4, -0.2) is 50.6 Å². The molecule has 2 aliphatic heterocycles. The number of amides is 1. The Labute approximate surface area is 219 Å². The van der Waals surface area contributed by atoms with E-state index in [1.165, 1.54) is 23.9 Å². The Morgan fingerprint density at radius 1 is 0.861 bits per heavy atom. The first-order valence-electron chi connectivity index (χ1n) is 11.2. The van der Waals surface area contributed by atoms with Crippen LogP contribution in [0.15, 0.2) is 93.7 Å². The van der Waals surface area contributed by atoms with Gasteiger partial charge in [-0.15, -0.1) is 0 Å². The fourth-order valence-electron chi connectivity index (χ4n) is 3.87. The van der Waals surface area contributed by atoms with Crippen molar-refractivity contribution >= 4 is 56.3 Å². The minimum Gasteiger partial charge on any atom is -0.379 e. The SMILES string of the molecule is O=C1N=C(N2CCN(c3ccc(Cl)cc3)CC2)S/C1=C/c1ccc(OS(=O)(=O)c2ccccc2)cc1. The fourth-order valence-corrected chi connectivity index (χ4v) is 5.92. The minimum atomic E-state index is -3.91. The number of nitrogens with zero attached hydrogens (tertiary/aromatic N) is 3. The smallest absolute Gasteiger partial charge is 0.339 e. The van der Waals surface area contributed by atoms with Crippen molar-refractivity contribution in [1.29, 1.82) is 0 Å². The van der Waals surface area contributed by atoms with E-state index in [-0.39, 0.29) is 16.6 Å². The fraction of sp³-hybridized carbons (Fsp3) is 0.154. The maximum Gasteiger partial charge on any atom is 0.339 e. The normalized spacial score (nSPS) is 17.4. The number of aliphatic imine (C=N–C) groups is 1. The predicted molar refractivity (Wildman–Crippen MR) is 144 cm³/mol. The number of benzene rings is 3. The van der Waals surface area contributed by atoms with Crippen molar-refractivity contribution in [2.45, 2.75) is 4.90 Å². The van der Waals surface area contributed by atoms with Gasteiger partial charge in [0.25, 0.3) is 5.91 Å². The van der Waals surface area contributed by atoms with Gasteiger partial charge < -0.3 is 14.0 Å². The van der Waals surface area contributed by atoms with Crippen LogP contribution in [0.3, 0.4) is 0 Å². The van der Waals surface area contributed by atoms with Gasteiger partial charge in [-0.25, -0.2) is 0 Å².